The van der Waals surface area contributed by atoms with Gasteiger partial charge < -0.3 is 20.1 Å². The summed E-state index contributed by atoms with van der Waals surface area (Å²) in [5, 5.41) is 22.9. The van der Waals surface area contributed by atoms with Crippen molar-refractivity contribution in [3.05, 3.63) is 39.9 Å². The van der Waals surface area contributed by atoms with Gasteiger partial charge in [-0.25, -0.2) is 4.79 Å². The molecule has 136 valence electrons. The highest BCUT2D eigenvalue weighted by atomic mass is 16.6. The summed E-state index contributed by atoms with van der Waals surface area (Å²) >= 11 is 0. The van der Waals surface area contributed by atoms with Gasteiger partial charge in [0.1, 0.15) is 6.61 Å². The lowest BCUT2D eigenvalue weighted by molar-refractivity contribution is -0.384. The van der Waals surface area contributed by atoms with Crippen LogP contribution in [0.25, 0.3) is 0 Å². The van der Waals surface area contributed by atoms with E-state index in [9.17, 15) is 24.8 Å². The molecule has 1 aromatic carbocycles. The first-order chi connectivity index (χ1) is 11.9. The predicted molar refractivity (Wildman–Crippen MR) is 87.7 cm³/mol. The van der Waals surface area contributed by atoms with Crippen molar-refractivity contribution in [3.8, 4) is 0 Å². The van der Waals surface area contributed by atoms with Gasteiger partial charge in [-0.05, 0) is 30.5 Å². The lowest BCUT2D eigenvalue weighted by atomic mass is 10.1. The number of non-ortho nitro benzene ring substituents is 1. The molecule has 9 heteroatoms. The molecule has 0 aliphatic carbocycles. The van der Waals surface area contributed by atoms with E-state index in [2.05, 4.69) is 5.32 Å². The third kappa shape index (κ3) is 5.15. The maximum absolute atomic E-state index is 12.2. The number of nitro groups is 1. The minimum atomic E-state index is -0.637. The Bertz CT molecular complexity index is 633. The van der Waals surface area contributed by atoms with Gasteiger partial charge in [0.15, 0.2) is 0 Å². The first-order valence-corrected chi connectivity index (χ1v) is 7.96. The van der Waals surface area contributed by atoms with Crippen LogP contribution in [0.1, 0.15) is 24.8 Å². The van der Waals surface area contributed by atoms with Gasteiger partial charge in [-0.1, -0.05) is 0 Å². The standard InChI is InChI=1S/C16H21N3O6/c1-17-15(21)7-6-13-8-14(20)9-18(13)16(22)25-10-11-2-4-12(5-3-11)19(23)24/h2-5,13-14,20H,6-10H2,1H3,(H,17,21)/t13-,14-/m1/s1. The number of likely N-dealkylation sites (tertiary alicyclic amines) is 1. The van der Waals surface area contributed by atoms with Crippen molar-refractivity contribution < 1.29 is 24.4 Å². The predicted octanol–water partition coefficient (Wildman–Crippen LogP) is 1.19. The van der Waals surface area contributed by atoms with Crippen molar-refractivity contribution >= 4 is 17.7 Å². The molecule has 1 heterocycles. The van der Waals surface area contributed by atoms with Crippen molar-refractivity contribution in [1.29, 1.82) is 0 Å². The van der Waals surface area contributed by atoms with Crippen LogP contribution in [0.15, 0.2) is 24.3 Å². The van der Waals surface area contributed by atoms with Crippen LogP contribution in [0.3, 0.4) is 0 Å². The zero-order valence-electron chi connectivity index (χ0n) is 13.9. The van der Waals surface area contributed by atoms with Crippen molar-refractivity contribution in [3.63, 3.8) is 0 Å². The molecule has 1 saturated heterocycles. The van der Waals surface area contributed by atoms with Gasteiger partial charge in [0.2, 0.25) is 5.91 Å². The van der Waals surface area contributed by atoms with Crippen molar-refractivity contribution in [2.75, 3.05) is 13.6 Å². The van der Waals surface area contributed by atoms with Crippen molar-refractivity contribution in [1.82, 2.24) is 10.2 Å². The van der Waals surface area contributed by atoms with E-state index in [0.717, 1.165) is 0 Å². The fourth-order valence-corrected chi connectivity index (χ4v) is 2.75. The van der Waals surface area contributed by atoms with Crippen LogP contribution in [0.4, 0.5) is 10.5 Å². The van der Waals surface area contributed by atoms with Crippen LogP contribution >= 0.6 is 0 Å². The molecule has 1 aliphatic rings. The average molecular weight is 351 g/mol. The topological polar surface area (TPSA) is 122 Å². The summed E-state index contributed by atoms with van der Waals surface area (Å²) in [4.78, 5) is 35.1. The number of β-amino-alcohol motifs (C(OH)–C–C–N with tert-alkyl or cyclic N) is 1. The van der Waals surface area contributed by atoms with Gasteiger partial charge in [0.05, 0.1) is 17.6 Å². The van der Waals surface area contributed by atoms with Crippen molar-refractivity contribution in [2.45, 2.75) is 38.0 Å². The van der Waals surface area contributed by atoms with Gasteiger partial charge in [-0.15, -0.1) is 0 Å². The number of aliphatic hydroxyl groups is 1. The Hall–Kier alpha value is -2.68. The highest BCUT2D eigenvalue weighted by Gasteiger charge is 2.35. The van der Waals surface area contributed by atoms with Crippen LogP contribution in [0.5, 0.6) is 0 Å². The maximum atomic E-state index is 12.2. The molecule has 0 unspecified atom stereocenters. The zero-order valence-corrected chi connectivity index (χ0v) is 13.9. The van der Waals surface area contributed by atoms with Crippen molar-refractivity contribution in [2.24, 2.45) is 0 Å². The molecular formula is C16H21N3O6. The molecule has 1 fully saturated rings. The summed E-state index contributed by atoms with van der Waals surface area (Å²) in [6, 6.07) is 5.47. The fourth-order valence-electron chi connectivity index (χ4n) is 2.75. The number of aliphatic hydroxyl groups excluding tert-OH is 1. The Morgan fingerprint density at radius 3 is 2.68 bits per heavy atom. The first-order valence-electron chi connectivity index (χ1n) is 7.96. The van der Waals surface area contributed by atoms with Gasteiger partial charge >= 0.3 is 6.09 Å². The van der Waals surface area contributed by atoms with E-state index in [4.69, 9.17) is 4.74 Å². The monoisotopic (exact) mass is 351 g/mol. The molecule has 1 aromatic rings. The second-order valence-corrected chi connectivity index (χ2v) is 5.89. The Morgan fingerprint density at radius 2 is 2.08 bits per heavy atom. The molecule has 0 aromatic heterocycles. The molecule has 2 atom stereocenters. The molecule has 0 bridgehead atoms. The molecule has 9 nitrogen and oxygen atoms in total. The van der Waals surface area contributed by atoms with Crippen LogP contribution < -0.4 is 5.32 Å². The van der Waals surface area contributed by atoms with Crippen LogP contribution in [0, 0.1) is 10.1 Å². The third-order valence-corrected chi connectivity index (χ3v) is 4.12. The highest BCUT2D eigenvalue weighted by Crippen LogP contribution is 2.23. The van der Waals surface area contributed by atoms with E-state index in [1.165, 1.54) is 29.2 Å². The van der Waals surface area contributed by atoms with E-state index >= 15 is 0 Å². The molecule has 1 aliphatic heterocycles. The van der Waals surface area contributed by atoms with E-state index in [0.29, 0.717) is 18.4 Å². The minimum absolute atomic E-state index is 0.0222. The number of carbonyl (C=O) groups is 2. The molecular weight excluding hydrogens is 330 g/mol. The lowest BCUT2D eigenvalue weighted by Gasteiger charge is -2.23. The smallest absolute Gasteiger partial charge is 0.410 e. The van der Waals surface area contributed by atoms with E-state index in [-0.39, 0.29) is 37.2 Å². The quantitative estimate of drug-likeness (QED) is 0.586. The SMILES string of the molecule is CNC(=O)CC[C@@H]1C[C@@H](O)CN1C(=O)OCc1ccc([N+](=O)[O-])cc1. The molecule has 0 radical (unpaired) electrons. The Balaban J connectivity index is 1.89. The van der Waals surface area contributed by atoms with E-state index < -0.39 is 17.1 Å². The van der Waals surface area contributed by atoms with Gasteiger partial charge in [-0.3, -0.25) is 14.9 Å². The van der Waals surface area contributed by atoms with Crippen LogP contribution in [-0.2, 0) is 16.1 Å². The average Bonchev–Trinajstić information content (AvgIpc) is 2.98. The number of ether oxygens (including phenoxy) is 1. The number of nitrogens with one attached hydrogen (secondary N) is 1. The summed E-state index contributed by atoms with van der Waals surface area (Å²) in [5.41, 5.74) is 0.590. The van der Waals surface area contributed by atoms with Crippen LogP contribution in [0.2, 0.25) is 0 Å². The summed E-state index contributed by atoms with van der Waals surface area (Å²) in [5.74, 6) is -0.124. The summed E-state index contributed by atoms with van der Waals surface area (Å²) in [6.45, 7) is 0.142. The van der Waals surface area contributed by atoms with E-state index in [1.54, 1.807) is 7.05 Å². The van der Waals surface area contributed by atoms with Gasteiger partial charge in [0.25, 0.3) is 5.69 Å². The lowest BCUT2D eigenvalue weighted by Crippen LogP contribution is -2.37. The number of hydrogen-bond acceptors (Lipinski definition) is 6. The number of nitro benzene ring substituents is 1. The second kappa shape index (κ2) is 8.43. The molecule has 0 saturated carbocycles. The Morgan fingerprint density at radius 1 is 1.40 bits per heavy atom. The Kier molecular flexibility index (Phi) is 6.29. The second-order valence-electron chi connectivity index (χ2n) is 5.89. The number of carbonyl (C=O) groups excluding carboxylic acids is 2. The largest absolute Gasteiger partial charge is 0.445 e. The summed E-state index contributed by atoms with van der Waals surface area (Å²) in [6.07, 6.45) is -0.0917. The maximum Gasteiger partial charge on any atom is 0.410 e. The highest BCUT2D eigenvalue weighted by molar-refractivity contribution is 5.75. The molecule has 2 N–H and O–H groups in total. The first kappa shape index (κ1) is 18.7. The van der Waals surface area contributed by atoms with E-state index in [1.807, 2.05) is 0 Å². The molecule has 2 amide bonds. The number of benzene rings is 1. The summed E-state index contributed by atoms with van der Waals surface area (Å²) in [7, 11) is 1.54. The third-order valence-electron chi connectivity index (χ3n) is 4.12. The molecule has 25 heavy (non-hydrogen) atoms. The number of rotatable bonds is 6. The molecule has 2 rings (SSSR count). The number of amides is 2. The molecule has 0 spiro atoms. The van der Waals surface area contributed by atoms with Gasteiger partial charge in [0, 0.05) is 31.6 Å². The minimum Gasteiger partial charge on any atom is -0.445 e. The van der Waals surface area contributed by atoms with Crippen LogP contribution in [-0.4, -0.2) is 52.7 Å². The summed E-state index contributed by atoms with van der Waals surface area (Å²) < 4.78 is 5.23. The number of nitrogens with zero attached hydrogens (tertiary/aromatic N) is 2. The number of hydrogen-bond donors (Lipinski definition) is 2. The normalized spacial score (nSPS) is 19.5. The zero-order chi connectivity index (χ0) is 18.4. The fraction of sp³-hybridized carbons (Fsp3) is 0.500. The van der Waals surface area contributed by atoms with Gasteiger partial charge in [-0.2, -0.15) is 0 Å². The Labute approximate surface area is 144 Å².